The van der Waals surface area contributed by atoms with Crippen LogP contribution in [0.4, 0.5) is 0 Å². The van der Waals surface area contributed by atoms with E-state index in [0.29, 0.717) is 13.1 Å². The molecule has 0 aliphatic carbocycles. The topological polar surface area (TPSA) is 61.4 Å². The first kappa shape index (κ1) is 13.3. The minimum Gasteiger partial charge on any atom is -0.359 e. The Morgan fingerprint density at radius 3 is 2.50 bits per heavy atom. The van der Waals surface area contributed by atoms with Crippen LogP contribution in [0.3, 0.4) is 0 Å². The van der Waals surface area contributed by atoms with Gasteiger partial charge in [0.2, 0.25) is 11.8 Å². The highest BCUT2D eigenvalue weighted by Gasteiger charge is 2.40. The van der Waals surface area contributed by atoms with E-state index in [1.165, 1.54) is 0 Å². The van der Waals surface area contributed by atoms with Gasteiger partial charge in [-0.3, -0.25) is 9.59 Å². The standard InChI is InChI=1S/C13H23N3O2/c1-13(6-3-7-15-13)12(18)16-8-4-10(5-9-16)11(17)14-2/h10,15H,3-9H2,1-2H3,(H,14,17). The molecule has 2 aliphatic rings. The van der Waals surface area contributed by atoms with Gasteiger partial charge in [0, 0.05) is 26.1 Å². The molecule has 0 radical (unpaired) electrons. The molecule has 0 aromatic heterocycles. The second-order valence-electron chi connectivity index (χ2n) is 5.54. The number of piperidine rings is 1. The Balaban J connectivity index is 1.89. The molecule has 102 valence electrons. The average molecular weight is 253 g/mol. The van der Waals surface area contributed by atoms with Crippen molar-refractivity contribution in [3.63, 3.8) is 0 Å². The third-order valence-electron chi connectivity index (χ3n) is 4.24. The SMILES string of the molecule is CNC(=O)C1CCN(C(=O)C2(C)CCCN2)CC1. The fourth-order valence-electron chi connectivity index (χ4n) is 2.98. The smallest absolute Gasteiger partial charge is 0.242 e. The molecule has 5 heteroatoms. The van der Waals surface area contributed by atoms with Gasteiger partial charge in [0.25, 0.3) is 0 Å². The molecule has 2 N–H and O–H groups in total. The zero-order valence-electron chi connectivity index (χ0n) is 11.3. The van der Waals surface area contributed by atoms with Crippen LogP contribution in [0.15, 0.2) is 0 Å². The fourth-order valence-corrected chi connectivity index (χ4v) is 2.98. The minimum atomic E-state index is -0.375. The van der Waals surface area contributed by atoms with E-state index in [4.69, 9.17) is 0 Å². The number of nitrogens with zero attached hydrogens (tertiary/aromatic N) is 1. The van der Waals surface area contributed by atoms with Crippen molar-refractivity contribution in [2.75, 3.05) is 26.7 Å². The number of rotatable bonds is 2. The first-order chi connectivity index (χ1) is 8.57. The summed E-state index contributed by atoms with van der Waals surface area (Å²) in [5, 5.41) is 5.99. The summed E-state index contributed by atoms with van der Waals surface area (Å²) in [5.41, 5.74) is -0.375. The van der Waals surface area contributed by atoms with E-state index < -0.39 is 0 Å². The number of nitrogens with one attached hydrogen (secondary N) is 2. The fraction of sp³-hybridized carbons (Fsp3) is 0.846. The van der Waals surface area contributed by atoms with Crippen LogP contribution in [0.2, 0.25) is 0 Å². The van der Waals surface area contributed by atoms with E-state index >= 15 is 0 Å². The van der Waals surface area contributed by atoms with E-state index in [2.05, 4.69) is 10.6 Å². The Bertz CT molecular complexity index is 329. The Morgan fingerprint density at radius 1 is 1.33 bits per heavy atom. The molecule has 2 saturated heterocycles. The average Bonchev–Trinajstić information content (AvgIpc) is 2.85. The van der Waals surface area contributed by atoms with Gasteiger partial charge in [-0.25, -0.2) is 0 Å². The molecule has 0 aromatic rings. The lowest BCUT2D eigenvalue weighted by atomic mass is 9.92. The molecule has 18 heavy (non-hydrogen) atoms. The maximum Gasteiger partial charge on any atom is 0.242 e. The first-order valence-corrected chi connectivity index (χ1v) is 6.83. The van der Waals surface area contributed by atoms with Crippen LogP contribution in [-0.4, -0.2) is 48.9 Å². The van der Waals surface area contributed by atoms with Gasteiger partial charge < -0.3 is 15.5 Å². The highest BCUT2D eigenvalue weighted by Crippen LogP contribution is 2.25. The van der Waals surface area contributed by atoms with E-state index in [-0.39, 0.29) is 23.3 Å². The van der Waals surface area contributed by atoms with Gasteiger partial charge in [-0.05, 0) is 39.2 Å². The maximum absolute atomic E-state index is 12.4. The van der Waals surface area contributed by atoms with Crippen LogP contribution in [0.25, 0.3) is 0 Å². The Morgan fingerprint density at radius 2 is 2.00 bits per heavy atom. The van der Waals surface area contributed by atoms with Crippen molar-refractivity contribution in [3.8, 4) is 0 Å². The zero-order chi connectivity index (χ0) is 13.2. The highest BCUT2D eigenvalue weighted by atomic mass is 16.2. The van der Waals surface area contributed by atoms with Gasteiger partial charge in [0.05, 0.1) is 5.54 Å². The monoisotopic (exact) mass is 253 g/mol. The lowest BCUT2D eigenvalue weighted by molar-refractivity contribution is -0.140. The summed E-state index contributed by atoms with van der Waals surface area (Å²) < 4.78 is 0. The number of hydrogen-bond acceptors (Lipinski definition) is 3. The quantitative estimate of drug-likeness (QED) is 0.734. The predicted molar refractivity (Wildman–Crippen MR) is 69.0 cm³/mol. The number of carbonyl (C=O) groups excluding carboxylic acids is 2. The Hall–Kier alpha value is -1.10. The molecule has 0 spiro atoms. The normalized spacial score (nSPS) is 29.3. The molecule has 2 rings (SSSR count). The van der Waals surface area contributed by atoms with Crippen LogP contribution in [0, 0.1) is 5.92 Å². The molecule has 1 unspecified atom stereocenters. The summed E-state index contributed by atoms with van der Waals surface area (Å²) in [4.78, 5) is 25.9. The van der Waals surface area contributed by atoms with Crippen molar-refractivity contribution in [1.29, 1.82) is 0 Å². The molecule has 2 heterocycles. The van der Waals surface area contributed by atoms with E-state index in [1.807, 2.05) is 11.8 Å². The highest BCUT2D eigenvalue weighted by molar-refractivity contribution is 5.86. The third kappa shape index (κ3) is 2.51. The zero-order valence-corrected chi connectivity index (χ0v) is 11.3. The molecular formula is C13H23N3O2. The molecule has 0 saturated carbocycles. The van der Waals surface area contributed by atoms with Gasteiger partial charge in [-0.15, -0.1) is 0 Å². The van der Waals surface area contributed by atoms with Crippen LogP contribution in [0.1, 0.15) is 32.6 Å². The van der Waals surface area contributed by atoms with Crippen molar-refractivity contribution >= 4 is 11.8 Å². The number of carbonyl (C=O) groups is 2. The number of amides is 2. The van der Waals surface area contributed by atoms with Gasteiger partial charge >= 0.3 is 0 Å². The van der Waals surface area contributed by atoms with Gasteiger partial charge in [-0.2, -0.15) is 0 Å². The molecule has 5 nitrogen and oxygen atoms in total. The minimum absolute atomic E-state index is 0.0726. The Labute approximate surface area is 108 Å². The van der Waals surface area contributed by atoms with Crippen molar-refractivity contribution in [3.05, 3.63) is 0 Å². The van der Waals surface area contributed by atoms with Crippen LogP contribution < -0.4 is 10.6 Å². The maximum atomic E-state index is 12.4. The largest absolute Gasteiger partial charge is 0.359 e. The van der Waals surface area contributed by atoms with Gasteiger partial charge in [0.1, 0.15) is 0 Å². The number of hydrogen-bond donors (Lipinski definition) is 2. The van der Waals surface area contributed by atoms with E-state index in [9.17, 15) is 9.59 Å². The predicted octanol–water partition coefficient (Wildman–Crippen LogP) is 0.113. The van der Waals surface area contributed by atoms with Crippen molar-refractivity contribution in [1.82, 2.24) is 15.5 Å². The van der Waals surface area contributed by atoms with E-state index in [1.54, 1.807) is 7.05 Å². The summed E-state index contributed by atoms with van der Waals surface area (Å²) in [6, 6.07) is 0. The third-order valence-corrected chi connectivity index (χ3v) is 4.24. The second kappa shape index (κ2) is 5.26. The summed E-state index contributed by atoms with van der Waals surface area (Å²) in [6.07, 6.45) is 3.54. The van der Waals surface area contributed by atoms with Gasteiger partial charge in [0.15, 0.2) is 0 Å². The summed E-state index contributed by atoms with van der Waals surface area (Å²) >= 11 is 0. The molecule has 1 atom stereocenters. The second-order valence-corrected chi connectivity index (χ2v) is 5.54. The molecule has 0 bridgehead atoms. The Kier molecular flexibility index (Phi) is 3.90. The van der Waals surface area contributed by atoms with Gasteiger partial charge in [-0.1, -0.05) is 0 Å². The van der Waals surface area contributed by atoms with Crippen LogP contribution in [0.5, 0.6) is 0 Å². The molecule has 2 aliphatic heterocycles. The molecule has 2 fully saturated rings. The van der Waals surface area contributed by atoms with E-state index in [0.717, 1.165) is 32.2 Å². The molecular weight excluding hydrogens is 230 g/mol. The lowest BCUT2D eigenvalue weighted by Gasteiger charge is -2.36. The first-order valence-electron chi connectivity index (χ1n) is 6.83. The molecule has 2 amide bonds. The summed E-state index contributed by atoms with van der Waals surface area (Å²) in [7, 11) is 1.67. The lowest BCUT2D eigenvalue weighted by Crippen LogP contribution is -2.55. The van der Waals surface area contributed by atoms with Crippen LogP contribution in [-0.2, 0) is 9.59 Å². The van der Waals surface area contributed by atoms with Crippen molar-refractivity contribution in [2.24, 2.45) is 5.92 Å². The summed E-state index contributed by atoms with van der Waals surface area (Å²) in [5.74, 6) is 0.381. The molecule has 0 aromatic carbocycles. The van der Waals surface area contributed by atoms with Crippen LogP contribution >= 0.6 is 0 Å². The van der Waals surface area contributed by atoms with Crippen molar-refractivity contribution < 1.29 is 9.59 Å². The van der Waals surface area contributed by atoms with Crippen molar-refractivity contribution in [2.45, 2.75) is 38.1 Å². The number of likely N-dealkylation sites (tertiary alicyclic amines) is 1. The summed E-state index contributed by atoms with van der Waals surface area (Å²) in [6.45, 7) is 4.33.